The smallest absolute Gasteiger partial charge is 0.410 e. The summed E-state index contributed by atoms with van der Waals surface area (Å²) in [6.45, 7) is 2.85. The highest BCUT2D eigenvalue weighted by Gasteiger charge is 2.30. The molecule has 0 atom stereocenters. The van der Waals surface area contributed by atoms with E-state index >= 15 is 0 Å². The third-order valence-corrected chi connectivity index (χ3v) is 6.34. The average Bonchev–Trinajstić information content (AvgIpc) is 3.04. The lowest BCUT2D eigenvalue weighted by Gasteiger charge is -2.26. The minimum atomic E-state index is -0.576. The lowest BCUT2D eigenvalue weighted by molar-refractivity contribution is -0.113. The first-order chi connectivity index (χ1) is 13.5. The van der Waals surface area contributed by atoms with Gasteiger partial charge in [-0.25, -0.2) is 4.79 Å². The number of nitrogens with two attached hydrogens (primary N) is 1. The number of primary amides is 1. The molecule has 0 aliphatic carbocycles. The van der Waals surface area contributed by atoms with Crippen molar-refractivity contribution in [2.75, 3.05) is 24.2 Å². The Hall–Kier alpha value is -2.52. The normalized spacial score (nSPS) is 13.0. The zero-order chi connectivity index (χ0) is 20.1. The molecule has 2 aromatic rings. The molecule has 28 heavy (non-hydrogen) atoms. The van der Waals surface area contributed by atoms with E-state index < -0.39 is 5.91 Å². The molecule has 9 heteroatoms. The van der Waals surface area contributed by atoms with Crippen molar-refractivity contribution >= 4 is 46.0 Å². The number of rotatable bonds is 6. The van der Waals surface area contributed by atoms with Crippen LogP contribution in [0.5, 0.6) is 0 Å². The van der Waals surface area contributed by atoms with Crippen LogP contribution in [0.2, 0.25) is 0 Å². The summed E-state index contributed by atoms with van der Waals surface area (Å²) in [6.07, 6.45) is 0.115. The minimum absolute atomic E-state index is 0.211. The van der Waals surface area contributed by atoms with E-state index in [4.69, 9.17) is 10.5 Å². The molecule has 2 heterocycles. The number of thiophene rings is 1. The first-order valence-electron chi connectivity index (χ1n) is 8.83. The summed E-state index contributed by atoms with van der Waals surface area (Å²) in [4.78, 5) is 39.8. The number of fused-ring (bicyclic) bond motifs is 1. The highest BCUT2D eigenvalue weighted by molar-refractivity contribution is 8.00. The number of thioether (sulfide) groups is 1. The van der Waals surface area contributed by atoms with E-state index in [1.165, 1.54) is 23.1 Å². The van der Waals surface area contributed by atoms with Crippen molar-refractivity contribution in [3.63, 3.8) is 0 Å². The zero-order valence-electron chi connectivity index (χ0n) is 15.4. The summed E-state index contributed by atoms with van der Waals surface area (Å²) >= 11 is 2.70. The number of hydrogen-bond acceptors (Lipinski definition) is 6. The summed E-state index contributed by atoms with van der Waals surface area (Å²) in [5.74, 6) is -0.565. The monoisotopic (exact) mass is 419 g/mol. The van der Waals surface area contributed by atoms with Crippen LogP contribution in [0.15, 0.2) is 35.2 Å². The molecule has 3 amide bonds. The Labute approximate surface area is 171 Å². The molecule has 148 valence electrons. The van der Waals surface area contributed by atoms with Gasteiger partial charge in [0.15, 0.2) is 0 Å². The van der Waals surface area contributed by atoms with Crippen LogP contribution in [0.3, 0.4) is 0 Å². The van der Waals surface area contributed by atoms with Crippen molar-refractivity contribution < 1.29 is 19.1 Å². The van der Waals surface area contributed by atoms with Gasteiger partial charge in [-0.05, 0) is 31.0 Å². The number of ether oxygens (including phenoxy) is 1. The van der Waals surface area contributed by atoms with E-state index in [0.717, 1.165) is 15.3 Å². The molecule has 1 aromatic carbocycles. The quantitative estimate of drug-likeness (QED) is 0.701. The Morgan fingerprint density at radius 2 is 2.04 bits per heavy atom. The molecule has 0 spiro atoms. The average molecular weight is 420 g/mol. The first kappa shape index (κ1) is 20.2. The molecule has 0 unspecified atom stereocenters. The molecule has 0 fully saturated rings. The lowest BCUT2D eigenvalue weighted by Crippen LogP contribution is -2.36. The van der Waals surface area contributed by atoms with Crippen LogP contribution in [0, 0.1) is 0 Å². The van der Waals surface area contributed by atoms with Gasteiger partial charge in [-0.2, -0.15) is 0 Å². The standard InChI is InChI=1S/C19H21N3O4S2/c1-2-26-19(25)22-9-8-13-14(10-22)28-18(16(13)17(20)24)21-15(23)11-27-12-6-4-3-5-7-12/h3-7H,2,8-11H2,1H3,(H2,20,24)(H,21,23). The van der Waals surface area contributed by atoms with E-state index in [1.807, 2.05) is 30.3 Å². The van der Waals surface area contributed by atoms with Crippen LogP contribution < -0.4 is 11.1 Å². The van der Waals surface area contributed by atoms with E-state index in [0.29, 0.717) is 36.7 Å². The number of anilines is 1. The molecule has 0 radical (unpaired) electrons. The van der Waals surface area contributed by atoms with Crippen molar-refractivity contribution in [1.29, 1.82) is 0 Å². The number of nitrogens with zero attached hydrogens (tertiary/aromatic N) is 1. The molecule has 1 aliphatic heterocycles. The summed E-state index contributed by atoms with van der Waals surface area (Å²) in [6, 6.07) is 9.60. The fraction of sp³-hybridized carbons (Fsp3) is 0.316. The maximum Gasteiger partial charge on any atom is 0.410 e. The molecule has 0 saturated heterocycles. The van der Waals surface area contributed by atoms with Gasteiger partial charge in [-0.3, -0.25) is 9.59 Å². The van der Waals surface area contributed by atoms with E-state index in [-0.39, 0.29) is 17.8 Å². The molecule has 1 aliphatic rings. The van der Waals surface area contributed by atoms with Crippen molar-refractivity contribution in [3.8, 4) is 0 Å². The van der Waals surface area contributed by atoms with Gasteiger partial charge in [0.1, 0.15) is 5.00 Å². The third kappa shape index (κ3) is 4.66. The van der Waals surface area contributed by atoms with Crippen LogP contribution in [0.1, 0.15) is 27.7 Å². The molecular formula is C19H21N3O4S2. The second-order valence-corrected chi connectivity index (χ2v) is 8.25. The molecular weight excluding hydrogens is 398 g/mol. The summed E-state index contributed by atoms with van der Waals surface area (Å²) in [5, 5.41) is 3.26. The predicted octanol–water partition coefficient (Wildman–Crippen LogP) is 3.09. The molecule has 7 nitrogen and oxygen atoms in total. The Morgan fingerprint density at radius 1 is 1.29 bits per heavy atom. The zero-order valence-corrected chi connectivity index (χ0v) is 17.0. The SMILES string of the molecule is CCOC(=O)N1CCc2c(sc(NC(=O)CSc3ccccc3)c2C(N)=O)C1. The second kappa shape index (κ2) is 9.11. The third-order valence-electron chi connectivity index (χ3n) is 4.20. The number of amides is 3. The number of carbonyl (C=O) groups excluding carboxylic acids is 3. The minimum Gasteiger partial charge on any atom is -0.450 e. The van der Waals surface area contributed by atoms with Crippen LogP contribution >= 0.6 is 23.1 Å². The molecule has 3 rings (SSSR count). The van der Waals surface area contributed by atoms with Crippen molar-refractivity contribution in [2.24, 2.45) is 5.73 Å². The van der Waals surface area contributed by atoms with E-state index in [2.05, 4.69) is 5.32 Å². The van der Waals surface area contributed by atoms with Gasteiger partial charge in [-0.15, -0.1) is 23.1 Å². The van der Waals surface area contributed by atoms with Crippen LogP contribution in [-0.4, -0.2) is 41.7 Å². The highest BCUT2D eigenvalue weighted by atomic mass is 32.2. The van der Waals surface area contributed by atoms with Crippen molar-refractivity contribution in [3.05, 3.63) is 46.3 Å². The number of nitrogens with one attached hydrogen (secondary N) is 1. The highest BCUT2D eigenvalue weighted by Crippen LogP contribution is 2.37. The summed E-state index contributed by atoms with van der Waals surface area (Å²) < 4.78 is 5.05. The van der Waals surface area contributed by atoms with Gasteiger partial charge in [0.25, 0.3) is 5.91 Å². The molecule has 0 saturated carbocycles. The van der Waals surface area contributed by atoms with Gasteiger partial charge in [0, 0.05) is 16.3 Å². The van der Waals surface area contributed by atoms with Crippen LogP contribution in [-0.2, 0) is 22.5 Å². The fourth-order valence-corrected chi connectivity index (χ4v) is 4.96. The van der Waals surface area contributed by atoms with Crippen LogP contribution in [0.4, 0.5) is 9.80 Å². The topological polar surface area (TPSA) is 102 Å². The summed E-state index contributed by atoms with van der Waals surface area (Å²) in [7, 11) is 0. The first-order valence-corrected chi connectivity index (χ1v) is 10.6. The molecule has 3 N–H and O–H groups in total. The fourth-order valence-electron chi connectivity index (χ4n) is 2.95. The van der Waals surface area contributed by atoms with Gasteiger partial charge in [0.2, 0.25) is 5.91 Å². The van der Waals surface area contributed by atoms with Gasteiger partial charge >= 0.3 is 6.09 Å². The van der Waals surface area contributed by atoms with Gasteiger partial charge in [-0.1, -0.05) is 18.2 Å². The predicted molar refractivity (Wildman–Crippen MR) is 110 cm³/mol. The van der Waals surface area contributed by atoms with Crippen molar-refractivity contribution in [2.45, 2.75) is 24.8 Å². The Morgan fingerprint density at radius 3 is 2.71 bits per heavy atom. The number of carbonyl (C=O) groups is 3. The molecule has 1 aromatic heterocycles. The Kier molecular flexibility index (Phi) is 6.58. The van der Waals surface area contributed by atoms with E-state index in [9.17, 15) is 14.4 Å². The maximum absolute atomic E-state index is 12.4. The van der Waals surface area contributed by atoms with Gasteiger partial charge < -0.3 is 20.7 Å². The summed E-state index contributed by atoms with van der Waals surface area (Å²) in [5.41, 5.74) is 6.73. The Bertz CT molecular complexity index is 883. The number of benzene rings is 1. The number of hydrogen-bond donors (Lipinski definition) is 2. The van der Waals surface area contributed by atoms with Crippen molar-refractivity contribution in [1.82, 2.24) is 4.90 Å². The van der Waals surface area contributed by atoms with Crippen LogP contribution in [0.25, 0.3) is 0 Å². The largest absolute Gasteiger partial charge is 0.450 e. The molecule has 0 bridgehead atoms. The lowest BCUT2D eigenvalue weighted by atomic mass is 10.0. The maximum atomic E-state index is 12.4. The van der Waals surface area contributed by atoms with E-state index in [1.54, 1.807) is 11.8 Å². The Balaban J connectivity index is 1.72. The second-order valence-electron chi connectivity index (χ2n) is 6.09. The van der Waals surface area contributed by atoms with Gasteiger partial charge in [0.05, 0.1) is 24.5 Å².